The lowest BCUT2D eigenvalue weighted by molar-refractivity contribution is 0.361. The predicted molar refractivity (Wildman–Crippen MR) is 96.9 cm³/mol. The van der Waals surface area contributed by atoms with Crippen LogP contribution >= 0.6 is 0 Å². The maximum atomic E-state index is 12.8. The van der Waals surface area contributed by atoms with Gasteiger partial charge in [-0.25, -0.2) is 21.6 Å². The van der Waals surface area contributed by atoms with E-state index in [1.54, 1.807) is 0 Å². The second-order valence-corrected chi connectivity index (χ2v) is 9.76. The maximum Gasteiger partial charge on any atom is 0.242 e. The van der Waals surface area contributed by atoms with Crippen LogP contribution in [0.4, 0.5) is 5.69 Å². The number of piperidine rings is 1. The van der Waals surface area contributed by atoms with E-state index in [0.717, 1.165) is 6.54 Å². The molecule has 0 radical (unpaired) electrons. The lowest BCUT2D eigenvalue weighted by Gasteiger charge is -2.28. The quantitative estimate of drug-likeness (QED) is 0.636. The highest BCUT2D eigenvalue weighted by atomic mass is 32.2. The fraction of sp³-hybridized carbons (Fsp3) is 0.600. The Morgan fingerprint density at radius 3 is 2.60 bits per heavy atom. The Bertz CT molecular complexity index is 808. The highest BCUT2D eigenvalue weighted by Crippen LogP contribution is 2.28. The zero-order valence-electron chi connectivity index (χ0n) is 14.6. The molecular formula is C15H25N3O5S2. The standard InChI is InChI=1S/C15H25N3O5S2/c1-4-24(19,20)18-14-10-13(23-3)5-6-15(14)25(21,22)17-12-7-8-16-11(2)9-12/h5-6,10-12,16-18H,4,7-9H2,1-3H3. The summed E-state index contributed by atoms with van der Waals surface area (Å²) >= 11 is 0. The van der Waals surface area contributed by atoms with Crippen LogP contribution in [-0.2, 0) is 20.0 Å². The molecule has 1 saturated heterocycles. The summed E-state index contributed by atoms with van der Waals surface area (Å²) in [6.45, 7) is 4.20. The second-order valence-electron chi connectivity index (χ2n) is 6.07. The number of ether oxygens (including phenoxy) is 1. The smallest absolute Gasteiger partial charge is 0.242 e. The van der Waals surface area contributed by atoms with E-state index in [-0.39, 0.29) is 28.4 Å². The Morgan fingerprint density at radius 2 is 2.00 bits per heavy atom. The van der Waals surface area contributed by atoms with Gasteiger partial charge in [0.25, 0.3) is 0 Å². The van der Waals surface area contributed by atoms with Gasteiger partial charge in [0.1, 0.15) is 10.6 Å². The van der Waals surface area contributed by atoms with E-state index in [2.05, 4.69) is 14.8 Å². The molecule has 0 saturated carbocycles. The van der Waals surface area contributed by atoms with Gasteiger partial charge in [0, 0.05) is 18.2 Å². The van der Waals surface area contributed by atoms with E-state index in [0.29, 0.717) is 18.6 Å². The molecule has 142 valence electrons. The molecule has 8 nitrogen and oxygen atoms in total. The number of rotatable bonds is 7. The van der Waals surface area contributed by atoms with Crippen LogP contribution in [0.25, 0.3) is 0 Å². The van der Waals surface area contributed by atoms with E-state index < -0.39 is 20.0 Å². The topological polar surface area (TPSA) is 114 Å². The molecular weight excluding hydrogens is 366 g/mol. The van der Waals surface area contributed by atoms with E-state index in [9.17, 15) is 16.8 Å². The molecule has 10 heteroatoms. The number of anilines is 1. The molecule has 0 amide bonds. The van der Waals surface area contributed by atoms with Crippen LogP contribution in [-0.4, -0.2) is 48.3 Å². The molecule has 1 aliphatic rings. The van der Waals surface area contributed by atoms with E-state index >= 15 is 0 Å². The molecule has 0 bridgehead atoms. The minimum Gasteiger partial charge on any atom is -0.497 e. The van der Waals surface area contributed by atoms with Crippen LogP contribution in [0.1, 0.15) is 26.7 Å². The molecule has 1 aromatic rings. The summed E-state index contributed by atoms with van der Waals surface area (Å²) in [5.74, 6) is 0.200. The molecule has 25 heavy (non-hydrogen) atoms. The number of hydrogen-bond donors (Lipinski definition) is 3. The first-order chi connectivity index (χ1) is 11.7. The third-order valence-electron chi connectivity index (χ3n) is 4.07. The first-order valence-electron chi connectivity index (χ1n) is 8.11. The molecule has 1 fully saturated rings. The Morgan fingerprint density at radius 1 is 1.28 bits per heavy atom. The number of nitrogens with one attached hydrogen (secondary N) is 3. The number of hydrogen-bond acceptors (Lipinski definition) is 6. The van der Waals surface area contributed by atoms with Gasteiger partial charge >= 0.3 is 0 Å². The van der Waals surface area contributed by atoms with Gasteiger partial charge in [0.2, 0.25) is 20.0 Å². The molecule has 2 rings (SSSR count). The van der Waals surface area contributed by atoms with E-state index in [4.69, 9.17) is 4.74 Å². The number of benzene rings is 1. The summed E-state index contributed by atoms with van der Waals surface area (Å²) in [5, 5.41) is 3.26. The maximum absolute atomic E-state index is 12.8. The molecule has 0 aromatic heterocycles. The van der Waals surface area contributed by atoms with Crippen LogP contribution in [0.3, 0.4) is 0 Å². The highest BCUT2D eigenvalue weighted by Gasteiger charge is 2.27. The van der Waals surface area contributed by atoms with Crippen molar-refractivity contribution in [3.05, 3.63) is 18.2 Å². The summed E-state index contributed by atoms with van der Waals surface area (Å²) < 4.78 is 59.5. The Balaban J connectivity index is 2.35. The van der Waals surface area contributed by atoms with Crippen molar-refractivity contribution in [2.24, 2.45) is 0 Å². The van der Waals surface area contributed by atoms with Crippen LogP contribution in [0.15, 0.2) is 23.1 Å². The van der Waals surface area contributed by atoms with Crippen LogP contribution in [0.5, 0.6) is 5.75 Å². The molecule has 1 heterocycles. The third-order valence-corrected chi connectivity index (χ3v) is 6.94. The van der Waals surface area contributed by atoms with Gasteiger partial charge in [-0.3, -0.25) is 4.72 Å². The average molecular weight is 392 g/mol. The summed E-state index contributed by atoms with van der Waals surface area (Å²) in [6, 6.07) is 4.23. The van der Waals surface area contributed by atoms with Crippen LogP contribution in [0, 0.1) is 0 Å². The Hall–Kier alpha value is -1.36. The zero-order valence-corrected chi connectivity index (χ0v) is 16.2. The predicted octanol–water partition coefficient (Wildman–Crippen LogP) is 0.876. The van der Waals surface area contributed by atoms with E-state index in [1.165, 1.54) is 32.2 Å². The molecule has 3 N–H and O–H groups in total. The molecule has 0 spiro atoms. The lowest BCUT2D eigenvalue weighted by Crippen LogP contribution is -2.46. The van der Waals surface area contributed by atoms with Crippen molar-refractivity contribution in [2.45, 2.75) is 43.7 Å². The highest BCUT2D eigenvalue weighted by molar-refractivity contribution is 7.93. The monoisotopic (exact) mass is 391 g/mol. The first-order valence-corrected chi connectivity index (χ1v) is 11.2. The van der Waals surface area contributed by atoms with Crippen LogP contribution in [0.2, 0.25) is 0 Å². The minimum absolute atomic E-state index is 0.0179. The van der Waals surface area contributed by atoms with Gasteiger partial charge in [-0.15, -0.1) is 0 Å². The summed E-state index contributed by atoms with van der Waals surface area (Å²) in [7, 11) is -6.08. The molecule has 2 atom stereocenters. The Labute approximate surface area is 149 Å². The lowest BCUT2D eigenvalue weighted by atomic mass is 10.0. The van der Waals surface area contributed by atoms with Crippen LogP contribution < -0.4 is 19.5 Å². The zero-order chi connectivity index (χ0) is 18.7. The van der Waals surface area contributed by atoms with Gasteiger partial charge in [-0.2, -0.15) is 0 Å². The summed E-state index contributed by atoms with van der Waals surface area (Å²) in [4.78, 5) is -0.114. The number of methoxy groups -OCH3 is 1. The normalized spacial score (nSPS) is 21.7. The number of sulfonamides is 2. The van der Waals surface area contributed by atoms with Crippen molar-refractivity contribution in [1.82, 2.24) is 10.0 Å². The van der Waals surface area contributed by atoms with Gasteiger partial charge < -0.3 is 10.1 Å². The van der Waals surface area contributed by atoms with Crippen molar-refractivity contribution in [3.8, 4) is 5.75 Å². The van der Waals surface area contributed by atoms with Gasteiger partial charge in [-0.1, -0.05) is 0 Å². The molecule has 1 aliphatic heterocycles. The molecule has 0 aliphatic carbocycles. The van der Waals surface area contributed by atoms with Gasteiger partial charge in [0.05, 0.1) is 18.6 Å². The Kier molecular flexibility index (Phi) is 6.30. The second kappa shape index (κ2) is 7.90. The first kappa shape index (κ1) is 20.0. The molecule has 2 unspecified atom stereocenters. The van der Waals surface area contributed by atoms with Crippen molar-refractivity contribution < 1.29 is 21.6 Å². The SMILES string of the molecule is CCS(=O)(=O)Nc1cc(OC)ccc1S(=O)(=O)NC1CCNC(C)C1. The van der Waals surface area contributed by atoms with Crippen molar-refractivity contribution in [2.75, 3.05) is 24.1 Å². The van der Waals surface area contributed by atoms with Crippen molar-refractivity contribution in [3.63, 3.8) is 0 Å². The van der Waals surface area contributed by atoms with Crippen molar-refractivity contribution in [1.29, 1.82) is 0 Å². The molecule has 1 aromatic carbocycles. The fourth-order valence-electron chi connectivity index (χ4n) is 2.71. The third kappa shape index (κ3) is 5.30. The fourth-order valence-corrected chi connectivity index (χ4v) is 4.85. The van der Waals surface area contributed by atoms with Gasteiger partial charge in [0.15, 0.2) is 0 Å². The van der Waals surface area contributed by atoms with E-state index in [1.807, 2.05) is 6.92 Å². The minimum atomic E-state index is -3.88. The van der Waals surface area contributed by atoms with Crippen molar-refractivity contribution >= 4 is 25.7 Å². The van der Waals surface area contributed by atoms with Gasteiger partial charge in [-0.05, 0) is 45.4 Å². The summed E-state index contributed by atoms with van der Waals surface area (Å²) in [5.41, 5.74) is -0.0179. The average Bonchev–Trinajstić information content (AvgIpc) is 2.53. The summed E-state index contributed by atoms with van der Waals surface area (Å²) in [6.07, 6.45) is 1.35. The largest absolute Gasteiger partial charge is 0.497 e.